The van der Waals surface area contributed by atoms with Gasteiger partial charge >= 0.3 is 0 Å². The van der Waals surface area contributed by atoms with Crippen LogP contribution in [-0.4, -0.2) is 59.2 Å². The van der Waals surface area contributed by atoms with Crippen LogP contribution in [0.2, 0.25) is 5.15 Å². The summed E-state index contributed by atoms with van der Waals surface area (Å²) in [5.41, 5.74) is 3.22. The summed E-state index contributed by atoms with van der Waals surface area (Å²) in [7, 11) is 0. The van der Waals surface area contributed by atoms with Crippen LogP contribution in [-0.2, 0) is 9.53 Å². The number of rotatable bonds is 7. The molecule has 6 rings (SSSR count). The second-order valence-electron chi connectivity index (χ2n) is 10.1. The molecule has 4 heterocycles. The van der Waals surface area contributed by atoms with E-state index in [0.29, 0.717) is 42.1 Å². The molecule has 0 spiro atoms. The first-order valence-corrected chi connectivity index (χ1v) is 13.0. The second kappa shape index (κ2) is 9.29. The van der Waals surface area contributed by atoms with Crippen molar-refractivity contribution in [2.75, 3.05) is 36.5 Å². The molecular formula is C26H29ClN6O2. The van der Waals surface area contributed by atoms with E-state index in [-0.39, 0.29) is 18.1 Å². The lowest BCUT2D eigenvalue weighted by molar-refractivity contribution is -0.142. The van der Waals surface area contributed by atoms with Crippen LogP contribution in [0.5, 0.6) is 0 Å². The molecule has 2 unspecified atom stereocenters. The zero-order chi connectivity index (χ0) is 23.9. The normalized spacial score (nSPS) is 24.0. The Morgan fingerprint density at radius 2 is 2.06 bits per heavy atom. The molecule has 9 heteroatoms. The summed E-state index contributed by atoms with van der Waals surface area (Å²) >= 11 is 6.07. The van der Waals surface area contributed by atoms with E-state index in [9.17, 15) is 10.1 Å². The molecule has 1 amide bonds. The number of amides is 1. The van der Waals surface area contributed by atoms with Crippen LogP contribution in [0, 0.1) is 17.2 Å². The fourth-order valence-electron chi connectivity index (χ4n) is 5.20. The van der Waals surface area contributed by atoms with Gasteiger partial charge in [-0.15, -0.1) is 0 Å². The van der Waals surface area contributed by atoms with Gasteiger partial charge in [-0.25, -0.2) is 9.97 Å². The molecule has 2 aromatic rings. The number of piperazine rings is 1. The van der Waals surface area contributed by atoms with Crippen molar-refractivity contribution in [3.8, 4) is 6.07 Å². The van der Waals surface area contributed by atoms with Gasteiger partial charge in [0, 0.05) is 44.0 Å². The van der Waals surface area contributed by atoms with Crippen molar-refractivity contribution >= 4 is 34.7 Å². The van der Waals surface area contributed by atoms with E-state index in [1.165, 1.54) is 0 Å². The molecular weight excluding hydrogens is 464 g/mol. The van der Waals surface area contributed by atoms with Gasteiger partial charge in [-0.2, -0.15) is 5.26 Å². The van der Waals surface area contributed by atoms with Crippen LogP contribution in [0.3, 0.4) is 0 Å². The van der Waals surface area contributed by atoms with E-state index in [0.717, 1.165) is 68.1 Å². The number of hydrogen-bond acceptors (Lipinski definition) is 7. The minimum absolute atomic E-state index is 0.0867. The van der Waals surface area contributed by atoms with Gasteiger partial charge in [-0.3, -0.25) is 4.79 Å². The highest BCUT2D eigenvalue weighted by molar-refractivity contribution is 6.29. The maximum absolute atomic E-state index is 13.0. The zero-order valence-electron chi connectivity index (χ0n) is 19.6. The average molecular weight is 493 g/mol. The second-order valence-corrected chi connectivity index (χ2v) is 10.5. The quantitative estimate of drug-likeness (QED) is 0.578. The number of ether oxygens (including phenoxy) is 1. The Morgan fingerprint density at radius 1 is 1.23 bits per heavy atom. The highest BCUT2D eigenvalue weighted by atomic mass is 35.5. The van der Waals surface area contributed by atoms with Crippen molar-refractivity contribution in [3.63, 3.8) is 0 Å². The first-order valence-electron chi connectivity index (χ1n) is 12.6. The standard InChI is InChI=1S/C26H29ClN6O2/c27-23-12-19(5-7-29-23)30-21-11-18(14-28)26(31-25(21)17-3-4-17)32-8-9-33(22(15-32)16-1-2-16)24(34)13-20-6-10-35-20/h5,7,11-12,16-17,20,22H,1-4,6,8-10,13,15H2,(H,29,30). The SMILES string of the molecule is N#Cc1cc(Nc2ccnc(Cl)c2)c(C2CC2)nc1N1CCN(C(=O)CC2CCO2)C(C2CC2)C1. The number of carbonyl (C=O) groups is 1. The Morgan fingerprint density at radius 3 is 2.71 bits per heavy atom. The largest absolute Gasteiger partial charge is 0.377 e. The molecule has 35 heavy (non-hydrogen) atoms. The summed E-state index contributed by atoms with van der Waals surface area (Å²) in [5.74, 6) is 1.88. The molecule has 1 N–H and O–H groups in total. The third kappa shape index (κ3) is 4.80. The summed E-state index contributed by atoms with van der Waals surface area (Å²) in [6.45, 7) is 2.83. The number of pyridine rings is 2. The number of carbonyl (C=O) groups excluding carboxylic acids is 1. The lowest BCUT2D eigenvalue weighted by Gasteiger charge is -2.43. The molecule has 2 saturated heterocycles. The molecule has 8 nitrogen and oxygen atoms in total. The Kier molecular flexibility index (Phi) is 5.99. The van der Waals surface area contributed by atoms with E-state index in [1.54, 1.807) is 12.3 Å². The molecule has 182 valence electrons. The van der Waals surface area contributed by atoms with Crippen molar-refractivity contribution < 1.29 is 9.53 Å². The van der Waals surface area contributed by atoms with Gasteiger partial charge in [-0.1, -0.05) is 11.6 Å². The van der Waals surface area contributed by atoms with Crippen molar-refractivity contribution in [2.24, 2.45) is 5.92 Å². The van der Waals surface area contributed by atoms with Gasteiger partial charge in [0.15, 0.2) is 0 Å². The highest BCUT2D eigenvalue weighted by Crippen LogP contribution is 2.45. The van der Waals surface area contributed by atoms with Crippen LogP contribution in [0.15, 0.2) is 24.4 Å². The third-order valence-electron chi connectivity index (χ3n) is 7.52. The fraction of sp³-hybridized carbons (Fsp3) is 0.538. The summed E-state index contributed by atoms with van der Waals surface area (Å²) in [5, 5.41) is 13.9. The smallest absolute Gasteiger partial charge is 0.225 e. The Balaban J connectivity index is 1.26. The maximum atomic E-state index is 13.0. The molecule has 0 radical (unpaired) electrons. The predicted molar refractivity (Wildman–Crippen MR) is 133 cm³/mol. The lowest BCUT2D eigenvalue weighted by Crippen LogP contribution is -2.57. The average Bonchev–Trinajstić information content (AvgIpc) is 3.74. The summed E-state index contributed by atoms with van der Waals surface area (Å²) in [4.78, 5) is 26.5. The van der Waals surface area contributed by atoms with Crippen molar-refractivity contribution in [3.05, 3.63) is 40.8 Å². The maximum Gasteiger partial charge on any atom is 0.225 e. The number of halogens is 1. The van der Waals surface area contributed by atoms with Crippen LogP contribution < -0.4 is 10.2 Å². The Bertz CT molecular complexity index is 1170. The number of nitriles is 1. The molecule has 2 aliphatic heterocycles. The minimum atomic E-state index is 0.0867. The topological polar surface area (TPSA) is 94.4 Å². The molecule has 2 saturated carbocycles. The van der Waals surface area contributed by atoms with Gasteiger partial charge in [0.25, 0.3) is 0 Å². The Hall–Kier alpha value is -2.89. The predicted octanol–water partition coefficient (Wildman–Crippen LogP) is 4.23. The van der Waals surface area contributed by atoms with Crippen LogP contribution in [0.1, 0.15) is 55.7 Å². The number of anilines is 3. The molecule has 0 aromatic carbocycles. The molecule has 2 atom stereocenters. The molecule has 4 fully saturated rings. The number of aromatic nitrogens is 2. The molecule has 2 aromatic heterocycles. The monoisotopic (exact) mass is 492 g/mol. The van der Waals surface area contributed by atoms with Gasteiger partial charge in [0.05, 0.1) is 35.5 Å². The molecule has 4 aliphatic rings. The van der Waals surface area contributed by atoms with Crippen LogP contribution in [0.4, 0.5) is 17.2 Å². The van der Waals surface area contributed by atoms with Gasteiger partial charge in [0.2, 0.25) is 5.91 Å². The molecule has 2 aliphatic carbocycles. The number of nitrogens with zero attached hydrogens (tertiary/aromatic N) is 5. The van der Waals surface area contributed by atoms with Crippen molar-refractivity contribution in [2.45, 2.75) is 56.6 Å². The van der Waals surface area contributed by atoms with Crippen LogP contribution in [0.25, 0.3) is 0 Å². The fourth-order valence-corrected chi connectivity index (χ4v) is 5.37. The van der Waals surface area contributed by atoms with E-state index < -0.39 is 0 Å². The van der Waals surface area contributed by atoms with Gasteiger partial charge in [-0.05, 0) is 56.2 Å². The summed E-state index contributed by atoms with van der Waals surface area (Å²) in [6, 6.07) is 8.08. The highest BCUT2D eigenvalue weighted by Gasteiger charge is 2.42. The van der Waals surface area contributed by atoms with E-state index in [2.05, 4.69) is 26.2 Å². The van der Waals surface area contributed by atoms with Gasteiger partial charge < -0.3 is 19.9 Å². The number of hydrogen-bond donors (Lipinski definition) is 1. The van der Waals surface area contributed by atoms with E-state index >= 15 is 0 Å². The van der Waals surface area contributed by atoms with E-state index in [1.807, 2.05) is 12.1 Å². The first kappa shape index (κ1) is 22.6. The summed E-state index contributed by atoms with van der Waals surface area (Å²) in [6.07, 6.45) is 7.71. The van der Waals surface area contributed by atoms with Gasteiger partial charge in [0.1, 0.15) is 17.0 Å². The van der Waals surface area contributed by atoms with Crippen molar-refractivity contribution in [1.82, 2.24) is 14.9 Å². The minimum Gasteiger partial charge on any atom is -0.377 e. The zero-order valence-corrected chi connectivity index (χ0v) is 20.4. The summed E-state index contributed by atoms with van der Waals surface area (Å²) < 4.78 is 5.51. The first-order chi connectivity index (χ1) is 17.1. The molecule has 0 bridgehead atoms. The third-order valence-corrected chi connectivity index (χ3v) is 7.73. The van der Waals surface area contributed by atoms with E-state index in [4.69, 9.17) is 21.3 Å². The number of nitrogens with one attached hydrogen (secondary N) is 1. The Labute approximate surface area is 210 Å². The van der Waals surface area contributed by atoms with Crippen LogP contribution >= 0.6 is 11.6 Å². The lowest BCUT2D eigenvalue weighted by atomic mass is 10.0. The van der Waals surface area contributed by atoms with Crippen molar-refractivity contribution in [1.29, 1.82) is 5.26 Å².